The second-order valence-corrected chi connectivity index (χ2v) is 5.08. The van der Waals surface area contributed by atoms with Crippen LogP contribution in [0, 0.1) is 0 Å². The fourth-order valence-corrected chi connectivity index (χ4v) is 2.61. The Kier molecular flexibility index (Phi) is 3.51. The molecule has 0 spiro atoms. The van der Waals surface area contributed by atoms with Crippen LogP contribution < -0.4 is 10.2 Å². The number of hydrogen-bond acceptors (Lipinski definition) is 4. The third-order valence-corrected chi connectivity index (χ3v) is 3.62. The Balaban J connectivity index is 1.62. The molecule has 1 aromatic carbocycles. The average molecular weight is 257 g/mol. The van der Waals surface area contributed by atoms with Crippen LogP contribution in [0.3, 0.4) is 0 Å². The van der Waals surface area contributed by atoms with Gasteiger partial charge in [0.25, 0.3) is 0 Å². The molecule has 100 valence electrons. The Morgan fingerprint density at radius 1 is 1.32 bits per heavy atom. The minimum absolute atomic E-state index is 0.744. The maximum Gasteiger partial charge on any atom is 0.124 e. The van der Waals surface area contributed by atoms with Crippen LogP contribution in [0.2, 0.25) is 0 Å². The average Bonchev–Trinajstić information content (AvgIpc) is 2.92. The first-order valence-electron chi connectivity index (χ1n) is 6.76. The van der Waals surface area contributed by atoms with Crippen molar-refractivity contribution in [3.8, 4) is 0 Å². The number of hydrogen-bond donors (Lipinski definition) is 1. The number of fused-ring (bicyclic) bond motifs is 1. The normalized spacial score (nSPS) is 14.5. The molecule has 0 unspecified atom stereocenters. The first kappa shape index (κ1) is 12.2. The SMILES string of the molecule is CN1CCCc2cc(CNCc3ccon3)ccc21. The molecular weight excluding hydrogens is 238 g/mol. The van der Waals surface area contributed by atoms with Crippen LogP contribution in [-0.4, -0.2) is 18.7 Å². The van der Waals surface area contributed by atoms with E-state index in [1.807, 2.05) is 6.07 Å². The summed E-state index contributed by atoms with van der Waals surface area (Å²) in [7, 11) is 2.17. The van der Waals surface area contributed by atoms with E-state index in [2.05, 4.69) is 40.6 Å². The first-order chi connectivity index (χ1) is 9.33. The Labute approximate surface area is 113 Å². The molecule has 4 heteroatoms. The standard InChI is InChI=1S/C15H19N3O/c1-18-7-2-3-13-9-12(4-5-15(13)18)10-16-11-14-6-8-19-17-14/h4-6,8-9,16H,2-3,7,10-11H2,1H3. The van der Waals surface area contributed by atoms with E-state index in [9.17, 15) is 0 Å². The second kappa shape index (κ2) is 5.45. The molecule has 0 fully saturated rings. The van der Waals surface area contributed by atoms with E-state index in [1.165, 1.54) is 29.7 Å². The lowest BCUT2D eigenvalue weighted by Gasteiger charge is -2.27. The van der Waals surface area contributed by atoms with Gasteiger partial charge in [-0.3, -0.25) is 0 Å². The van der Waals surface area contributed by atoms with Crippen molar-refractivity contribution in [1.29, 1.82) is 0 Å². The third-order valence-electron chi connectivity index (χ3n) is 3.62. The van der Waals surface area contributed by atoms with Crippen molar-refractivity contribution < 1.29 is 4.52 Å². The highest BCUT2D eigenvalue weighted by molar-refractivity contribution is 5.56. The van der Waals surface area contributed by atoms with Crippen molar-refractivity contribution in [3.05, 3.63) is 47.3 Å². The summed E-state index contributed by atoms with van der Waals surface area (Å²) in [5.74, 6) is 0. The van der Waals surface area contributed by atoms with Crippen LogP contribution in [0.5, 0.6) is 0 Å². The molecule has 1 aliphatic rings. The van der Waals surface area contributed by atoms with Crippen molar-refractivity contribution in [1.82, 2.24) is 10.5 Å². The van der Waals surface area contributed by atoms with Crippen LogP contribution in [-0.2, 0) is 19.5 Å². The minimum atomic E-state index is 0.744. The highest BCUT2D eigenvalue weighted by atomic mass is 16.5. The van der Waals surface area contributed by atoms with Gasteiger partial charge in [0.2, 0.25) is 0 Å². The first-order valence-corrected chi connectivity index (χ1v) is 6.76. The molecule has 1 N–H and O–H groups in total. The number of anilines is 1. The number of aromatic nitrogens is 1. The van der Waals surface area contributed by atoms with Gasteiger partial charge in [0, 0.05) is 38.4 Å². The van der Waals surface area contributed by atoms with Gasteiger partial charge in [-0.1, -0.05) is 17.3 Å². The zero-order valence-corrected chi connectivity index (χ0v) is 11.2. The molecule has 0 amide bonds. The van der Waals surface area contributed by atoms with Crippen molar-refractivity contribution in [3.63, 3.8) is 0 Å². The van der Waals surface area contributed by atoms with E-state index in [0.717, 1.165) is 25.3 Å². The summed E-state index contributed by atoms with van der Waals surface area (Å²) in [5.41, 5.74) is 5.12. The van der Waals surface area contributed by atoms with Crippen molar-refractivity contribution in [2.75, 3.05) is 18.5 Å². The van der Waals surface area contributed by atoms with E-state index < -0.39 is 0 Å². The number of nitrogens with zero attached hydrogens (tertiary/aromatic N) is 2. The van der Waals surface area contributed by atoms with Crippen molar-refractivity contribution >= 4 is 5.69 Å². The molecule has 0 aliphatic carbocycles. The molecule has 0 bridgehead atoms. The van der Waals surface area contributed by atoms with E-state index in [-0.39, 0.29) is 0 Å². The Bertz CT molecular complexity index is 536. The molecule has 0 radical (unpaired) electrons. The molecular formula is C15H19N3O. The number of aryl methyl sites for hydroxylation is 1. The summed E-state index contributed by atoms with van der Waals surface area (Å²) < 4.78 is 4.81. The maximum absolute atomic E-state index is 4.81. The van der Waals surface area contributed by atoms with E-state index in [1.54, 1.807) is 6.26 Å². The largest absolute Gasteiger partial charge is 0.374 e. The van der Waals surface area contributed by atoms with Crippen LogP contribution >= 0.6 is 0 Å². The van der Waals surface area contributed by atoms with Gasteiger partial charge in [0.1, 0.15) is 6.26 Å². The lowest BCUT2D eigenvalue weighted by Crippen LogP contribution is -2.24. The summed E-state index contributed by atoms with van der Waals surface area (Å²) in [6.07, 6.45) is 4.04. The van der Waals surface area contributed by atoms with Gasteiger partial charge in [-0.15, -0.1) is 0 Å². The molecule has 3 rings (SSSR count). The summed E-state index contributed by atoms with van der Waals surface area (Å²) in [6, 6.07) is 8.65. The predicted molar refractivity (Wildman–Crippen MR) is 75.1 cm³/mol. The molecule has 1 aliphatic heterocycles. The van der Waals surface area contributed by atoms with Crippen molar-refractivity contribution in [2.24, 2.45) is 0 Å². The number of nitrogens with one attached hydrogen (secondary N) is 1. The van der Waals surface area contributed by atoms with Gasteiger partial charge < -0.3 is 14.7 Å². The van der Waals surface area contributed by atoms with Crippen LogP contribution in [0.1, 0.15) is 23.2 Å². The smallest absolute Gasteiger partial charge is 0.124 e. The zero-order valence-electron chi connectivity index (χ0n) is 11.2. The lowest BCUT2D eigenvalue weighted by atomic mass is 9.99. The quantitative estimate of drug-likeness (QED) is 0.913. The Hall–Kier alpha value is -1.81. The van der Waals surface area contributed by atoms with Gasteiger partial charge >= 0.3 is 0 Å². The Morgan fingerprint density at radius 3 is 3.11 bits per heavy atom. The fraction of sp³-hybridized carbons (Fsp3) is 0.400. The summed E-state index contributed by atoms with van der Waals surface area (Å²) in [5, 5.41) is 7.27. The maximum atomic E-state index is 4.81. The van der Waals surface area contributed by atoms with Crippen molar-refractivity contribution in [2.45, 2.75) is 25.9 Å². The topological polar surface area (TPSA) is 41.3 Å². The van der Waals surface area contributed by atoms with Gasteiger partial charge in [-0.05, 0) is 30.0 Å². The van der Waals surface area contributed by atoms with Gasteiger partial charge in [-0.2, -0.15) is 0 Å². The third kappa shape index (κ3) is 2.79. The molecule has 1 aromatic heterocycles. The summed E-state index contributed by atoms with van der Waals surface area (Å²) >= 11 is 0. The lowest BCUT2D eigenvalue weighted by molar-refractivity contribution is 0.408. The van der Waals surface area contributed by atoms with E-state index in [0.29, 0.717) is 0 Å². The molecule has 2 heterocycles. The van der Waals surface area contributed by atoms with Crippen LogP contribution in [0.25, 0.3) is 0 Å². The van der Waals surface area contributed by atoms with Gasteiger partial charge in [0.05, 0.1) is 5.69 Å². The van der Waals surface area contributed by atoms with E-state index in [4.69, 9.17) is 4.52 Å². The zero-order chi connectivity index (χ0) is 13.1. The summed E-state index contributed by atoms with van der Waals surface area (Å²) in [4.78, 5) is 2.34. The molecule has 0 atom stereocenters. The highest BCUT2D eigenvalue weighted by Gasteiger charge is 2.13. The second-order valence-electron chi connectivity index (χ2n) is 5.08. The minimum Gasteiger partial charge on any atom is -0.374 e. The predicted octanol–water partition coefficient (Wildman–Crippen LogP) is 2.35. The highest BCUT2D eigenvalue weighted by Crippen LogP contribution is 2.26. The molecule has 0 saturated heterocycles. The number of rotatable bonds is 4. The molecule has 0 saturated carbocycles. The molecule has 2 aromatic rings. The van der Waals surface area contributed by atoms with Crippen LogP contribution in [0.4, 0.5) is 5.69 Å². The van der Waals surface area contributed by atoms with Crippen LogP contribution in [0.15, 0.2) is 35.1 Å². The fourth-order valence-electron chi connectivity index (χ4n) is 2.61. The van der Waals surface area contributed by atoms with Gasteiger partial charge in [-0.25, -0.2) is 0 Å². The monoisotopic (exact) mass is 257 g/mol. The Morgan fingerprint density at radius 2 is 2.26 bits per heavy atom. The number of benzene rings is 1. The molecule has 19 heavy (non-hydrogen) atoms. The summed E-state index contributed by atoms with van der Waals surface area (Å²) in [6.45, 7) is 2.77. The van der Waals surface area contributed by atoms with E-state index >= 15 is 0 Å². The molecule has 4 nitrogen and oxygen atoms in total. The van der Waals surface area contributed by atoms with Gasteiger partial charge in [0.15, 0.2) is 0 Å².